The molecular formula is C13H24N4. The smallest absolute Gasteiger partial charge is 0.225 e. The molecule has 1 rings (SSSR count). The van der Waals surface area contributed by atoms with Crippen LogP contribution in [0.1, 0.15) is 37.4 Å². The van der Waals surface area contributed by atoms with E-state index >= 15 is 0 Å². The predicted molar refractivity (Wildman–Crippen MR) is 72.3 cm³/mol. The van der Waals surface area contributed by atoms with Crippen LogP contribution >= 0.6 is 0 Å². The number of likely N-dealkylation sites (N-methyl/N-ethyl adjacent to an activating group) is 1. The van der Waals surface area contributed by atoms with Crippen LogP contribution in [0.15, 0.2) is 6.20 Å². The van der Waals surface area contributed by atoms with Crippen LogP contribution in [-0.4, -0.2) is 30.1 Å². The summed E-state index contributed by atoms with van der Waals surface area (Å²) in [5.74, 6) is 0.771. The number of nitrogens with zero attached hydrogens (tertiary/aromatic N) is 3. The molecule has 0 aromatic carbocycles. The van der Waals surface area contributed by atoms with Crippen molar-refractivity contribution in [2.75, 3.05) is 25.0 Å². The first-order valence-electron chi connectivity index (χ1n) is 6.42. The molecule has 0 atom stereocenters. The standard InChI is InChI=1S/C13H24N4/c1-4-5-6-7-12-10-15-13(16-11(12)2)17(3)9-8-14/h10H,4-9,14H2,1-3H3. The summed E-state index contributed by atoms with van der Waals surface area (Å²) in [6.45, 7) is 5.68. The van der Waals surface area contributed by atoms with Crippen molar-refractivity contribution in [2.45, 2.75) is 39.5 Å². The lowest BCUT2D eigenvalue weighted by atomic mass is 10.1. The Morgan fingerprint density at radius 1 is 1.35 bits per heavy atom. The van der Waals surface area contributed by atoms with Crippen molar-refractivity contribution in [3.63, 3.8) is 0 Å². The van der Waals surface area contributed by atoms with E-state index in [2.05, 4.69) is 23.8 Å². The second-order valence-corrected chi connectivity index (χ2v) is 4.45. The molecule has 96 valence electrons. The molecule has 0 aliphatic carbocycles. The lowest BCUT2D eigenvalue weighted by Gasteiger charge is -2.16. The van der Waals surface area contributed by atoms with E-state index in [0.29, 0.717) is 6.54 Å². The molecule has 17 heavy (non-hydrogen) atoms. The van der Waals surface area contributed by atoms with Crippen LogP contribution in [-0.2, 0) is 6.42 Å². The molecule has 4 nitrogen and oxygen atoms in total. The maximum atomic E-state index is 5.52. The number of nitrogens with two attached hydrogens (primary N) is 1. The summed E-state index contributed by atoms with van der Waals surface area (Å²) in [5, 5.41) is 0. The molecule has 1 heterocycles. The topological polar surface area (TPSA) is 55.0 Å². The average Bonchev–Trinajstić information content (AvgIpc) is 2.31. The van der Waals surface area contributed by atoms with Crippen molar-refractivity contribution in [3.05, 3.63) is 17.5 Å². The quantitative estimate of drug-likeness (QED) is 0.735. The van der Waals surface area contributed by atoms with Crippen LogP contribution < -0.4 is 10.6 Å². The van der Waals surface area contributed by atoms with Gasteiger partial charge in [-0.1, -0.05) is 19.8 Å². The molecule has 2 N–H and O–H groups in total. The fourth-order valence-electron chi connectivity index (χ4n) is 1.77. The highest BCUT2D eigenvalue weighted by Gasteiger charge is 2.06. The molecule has 0 spiro atoms. The van der Waals surface area contributed by atoms with E-state index in [4.69, 9.17) is 5.73 Å². The fraction of sp³-hybridized carbons (Fsp3) is 0.692. The zero-order valence-electron chi connectivity index (χ0n) is 11.2. The van der Waals surface area contributed by atoms with Gasteiger partial charge in [0.15, 0.2) is 0 Å². The van der Waals surface area contributed by atoms with Gasteiger partial charge in [0.05, 0.1) is 0 Å². The van der Waals surface area contributed by atoms with Crippen molar-refractivity contribution in [3.8, 4) is 0 Å². The number of unbranched alkanes of at least 4 members (excludes halogenated alkanes) is 2. The van der Waals surface area contributed by atoms with Crippen LogP contribution in [0.25, 0.3) is 0 Å². The second-order valence-electron chi connectivity index (χ2n) is 4.45. The van der Waals surface area contributed by atoms with E-state index in [1.54, 1.807) is 0 Å². The number of anilines is 1. The molecule has 0 bridgehead atoms. The maximum absolute atomic E-state index is 5.52. The van der Waals surface area contributed by atoms with Crippen molar-refractivity contribution in [1.82, 2.24) is 9.97 Å². The zero-order valence-corrected chi connectivity index (χ0v) is 11.2. The summed E-state index contributed by atoms with van der Waals surface area (Å²) >= 11 is 0. The zero-order chi connectivity index (χ0) is 12.7. The molecule has 0 aliphatic rings. The lowest BCUT2D eigenvalue weighted by Crippen LogP contribution is -2.27. The molecular weight excluding hydrogens is 212 g/mol. The Kier molecular flexibility index (Phi) is 5.91. The van der Waals surface area contributed by atoms with Gasteiger partial charge in [0.2, 0.25) is 5.95 Å². The Morgan fingerprint density at radius 3 is 2.71 bits per heavy atom. The Morgan fingerprint density at radius 2 is 2.12 bits per heavy atom. The van der Waals surface area contributed by atoms with Crippen LogP contribution in [0.2, 0.25) is 0 Å². The monoisotopic (exact) mass is 236 g/mol. The molecule has 1 aromatic rings. The van der Waals surface area contributed by atoms with E-state index in [9.17, 15) is 0 Å². The van der Waals surface area contributed by atoms with Crippen LogP contribution in [0.3, 0.4) is 0 Å². The number of hydrogen-bond acceptors (Lipinski definition) is 4. The van der Waals surface area contributed by atoms with Crippen molar-refractivity contribution < 1.29 is 0 Å². The molecule has 4 heteroatoms. The minimum Gasteiger partial charge on any atom is -0.343 e. The Bertz CT molecular complexity index is 338. The van der Waals surface area contributed by atoms with Gasteiger partial charge in [-0.3, -0.25) is 0 Å². The van der Waals surface area contributed by atoms with E-state index in [1.807, 2.05) is 18.1 Å². The molecule has 0 saturated heterocycles. The summed E-state index contributed by atoms with van der Waals surface area (Å²) in [6, 6.07) is 0. The third-order valence-electron chi connectivity index (χ3n) is 2.92. The first-order chi connectivity index (χ1) is 8.19. The molecule has 0 aliphatic heterocycles. The third kappa shape index (κ3) is 4.30. The lowest BCUT2D eigenvalue weighted by molar-refractivity contribution is 0.709. The highest BCUT2D eigenvalue weighted by Crippen LogP contribution is 2.12. The molecule has 0 radical (unpaired) electrons. The highest BCUT2D eigenvalue weighted by atomic mass is 15.2. The van der Waals surface area contributed by atoms with Gasteiger partial charge in [-0.05, 0) is 25.3 Å². The molecule has 0 amide bonds. The van der Waals surface area contributed by atoms with Gasteiger partial charge in [0.1, 0.15) is 0 Å². The Balaban J connectivity index is 2.65. The second kappa shape index (κ2) is 7.22. The summed E-state index contributed by atoms with van der Waals surface area (Å²) in [4.78, 5) is 10.9. The number of hydrogen-bond donors (Lipinski definition) is 1. The SMILES string of the molecule is CCCCCc1cnc(N(C)CCN)nc1C. The largest absolute Gasteiger partial charge is 0.343 e. The van der Waals surface area contributed by atoms with Gasteiger partial charge < -0.3 is 10.6 Å². The van der Waals surface area contributed by atoms with Crippen molar-refractivity contribution >= 4 is 5.95 Å². The van der Waals surface area contributed by atoms with Gasteiger partial charge in [0.25, 0.3) is 0 Å². The third-order valence-corrected chi connectivity index (χ3v) is 2.92. The van der Waals surface area contributed by atoms with E-state index in [0.717, 1.165) is 24.6 Å². The maximum Gasteiger partial charge on any atom is 0.225 e. The van der Waals surface area contributed by atoms with Crippen molar-refractivity contribution in [1.29, 1.82) is 0 Å². The molecule has 0 unspecified atom stereocenters. The van der Waals surface area contributed by atoms with Crippen molar-refractivity contribution in [2.24, 2.45) is 5.73 Å². The van der Waals surface area contributed by atoms with Gasteiger partial charge >= 0.3 is 0 Å². The molecule has 1 aromatic heterocycles. The number of aryl methyl sites for hydroxylation is 2. The van der Waals surface area contributed by atoms with E-state index in [1.165, 1.54) is 24.8 Å². The number of aromatic nitrogens is 2. The van der Waals surface area contributed by atoms with E-state index < -0.39 is 0 Å². The van der Waals surface area contributed by atoms with Crippen LogP contribution in [0.4, 0.5) is 5.95 Å². The van der Waals surface area contributed by atoms with E-state index in [-0.39, 0.29) is 0 Å². The van der Waals surface area contributed by atoms with Gasteiger partial charge in [-0.2, -0.15) is 0 Å². The minimum absolute atomic E-state index is 0.622. The van der Waals surface area contributed by atoms with Gasteiger partial charge in [-0.25, -0.2) is 9.97 Å². The minimum atomic E-state index is 0.622. The van der Waals surface area contributed by atoms with Crippen LogP contribution in [0, 0.1) is 6.92 Å². The number of rotatable bonds is 7. The average molecular weight is 236 g/mol. The van der Waals surface area contributed by atoms with Crippen LogP contribution in [0.5, 0.6) is 0 Å². The molecule has 0 fully saturated rings. The Labute approximate surface area is 104 Å². The molecule has 0 saturated carbocycles. The summed E-state index contributed by atoms with van der Waals surface area (Å²) < 4.78 is 0. The highest BCUT2D eigenvalue weighted by molar-refractivity contribution is 5.31. The Hall–Kier alpha value is -1.16. The van der Waals surface area contributed by atoms with Gasteiger partial charge in [0, 0.05) is 32.0 Å². The first-order valence-corrected chi connectivity index (χ1v) is 6.42. The first kappa shape index (κ1) is 13.9. The normalized spacial score (nSPS) is 10.6. The summed E-state index contributed by atoms with van der Waals surface area (Å²) in [5.41, 5.74) is 7.88. The predicted octanol–water partition coefficient (Wildman–Crippen LogP) is 1.91. The van der Waals surface area contributed by atoms with Gasteiger partial charge in [-0.15, -0.1) is 0 Å². The summed E-state index contributed by atoms with van der Waals surface area (Å²) in [6.07, 6.45) is 6.78. The summed E-state index contributed by atoms with van der Waals surface area (Å²) in [7, 11) is 1.97. The fourth-order valence-corrected chi connectivity index (χ4v) is 1.77.